The van der Waals surface area contributed by atoms with Gasteiger partial charge in [0.15, 0.2) is 16.1 Å². The lowest BCUT2D eigenvalue weighted by Crippen LogP contribution is -2.23. The molecule has 0 aliphatic rings. The van der Waals surface area contributed by atoms with Gasteiger partial charge in [-0.3, -0.25) is 0 Å². The van der Waals surface area contributed by atoms with Crippen LogP contribution < -0.4 is 0 Å². The zero-order chi connectivity index (χ0) is 72.5. The van der Waals surface area contributed by atoms with E-state index in [4.69, 9.17) is 14.2 Å². The lowest BCUT2D eigenvalue weighted by Gasteiger charge is -2.22. The summed E-state index contributed by atoms with van der Waals surface area (Å²) in [5.74, 6) is -1.76. The van der Waals surface area contributed by atoms with E-state index in [1.54, 1.807) is 72.8 Å². The van der Waals surface area contributed by atoms with Gasteiger partial charge in [-0.1, -0.05) is 258 Å². The summed E-state index contributed by atoms with van der Waals surface area (Å²) in [7, 11) is -12.5. The minimum Gasteiger partial charge on any atom is -0.462 e. The van der Waals surface area contributed by atoms with Crippen molar-refractivity contribution in [3.63, 3.8) is 0 Å². The number of hydrogen-bond acceptors (Lipinski definition) is 15. The molecule has 101 heavy (non-hydrogen) atoms. The SMILES string of the molecule is CCCCCCCCOC(=O)C(=CC=CN(CCCCCCN(C=CC=C(C(O)OCCCCCCCC)S(=O)(=O)c1ccccc1)CCCCCCN(C=CC=C(C(=O)OCCCCCCCC)S(=O)(=O)c1ccccc1)Cc1ccccc1)Cc1ccccc1)S(=O)(=O)c1ccccc1. The van der Waals surface area contributed by atoms with Crippen molar-refractivity contribution in [2.45, 2.75) is 222 Å². The van der Waals surface area contributed by atoms with Crippen molar-refractivity contribution >= 4 is 41.5 Å². The molecule has 0 spiro atoms. The minimum absolute atomic E-state index is 0.0107. The molecular formula is C83H115N3O12S3. The van der Waals surface area contributed by atoms with Gasteiger partial charge in [-0.2, -0.15) is 0 Å². The lowest BCUT2D eigenvalue weighted by molar-refractivity contribution is -0.139. The molecule has 0 amide bonds. The van der Waals surface area contributed by atoms with Crippen molar-refractivity contribution in [1.29, 1.82) is 0 Å². The molecular weight excluding hydrogens is 1330 g/mol. The van der Waals surface area contributed by atoms with Crippen LogP contribution in [0.15, 0.2) is 236 Å². The molecule has 0 saturated heterocycles. The van der Waals surface area contributed by atoms with Gasteiger partial charge in [0.1, 0.15) is 4.91 Å². The highest BCUT2D eigenvalue weighted by atomic mass is 32.2. The van der Waals surface area contributed by atoms with Crippen LogP contribution in [0, 0.1) is 0 Å². The Balaban J connectivity index is 1.32. The average molecular weight is 1440 g/mol. The van der Waals surface area contributed by atoms with Gasteiger partial charge in [-0.25, -0.2) is 34.8 Å². The molecule has 5 aromatic carbocycles. The number of hydrogen-bond donors (Lipinski definition) is 1. The summed E-state index contributed by atoms with van der Waals surface area (Å²) in [6.07, 6.45) is 37.7. The Bertz CT molecular complexity index is 3440. The monoisotopic (exact) mass is 1440 g/mol. The van der Waals surface area contributed by atoms with Crippen LogP contribution in [0.2, 0.25) is 0 Å². The number of sulfone groups is 3. The van der Waals surface area contributed by atoms with Crippen LogP contribution in [0.25, 0.3) is 0 Å². The maximum absolute atomic E-state index is 14.2. The number of esters is 2. The summed E-state index contributed by atoms with van der Waals surface area (Å²) >= 11 is 0. The maximum atomic E-state index is 14.2. The van der Waals surface area contributed by atoms with Crippen molar-refractivity contribution < 1.29 is 54.2 Å². The first kappa shape index (κ1) is 84.3. The van der Waals surface area contributed by atoms with E-state index in [2.05, 4.69) is 35.5 Å². The van der Waals surface area contributed by atoms with Crippen LogP contribution in [-0.2, 0) is 66.4 Å². The van der Waals surface area contributed by atoms with Crippen LogP contribution in [-0.4, -0.2) is 109 Å². The molecule has 15 nitrogen and oxygen atoms in total. The van der Waals surface area contributed by atoms with Gasteiger partial charge in [0.25, 0.3) is 0 Å². The number of allylic oxidation sites excluding steroid dienone is 6. The summed E-state index contributed by atoms with van der Waals surface area (Å²) in [5, 5.41) is 11.4. The molecule has 5 rings (SSSR count). The minimum atomic E-state index is -4.20. The number of aliphatic hydroxyl groups is 1. The van der Waals surface area contributed by atoms with Crippen LogP contribution in [0.4, 0.5) is 0 Å². The number of benzene rings is 5. The number of unbranched alkanes of at least 4 members (excludes halogenated alkanes) is 21. The number of ether oxygens (including phenoxy) is 3. The second kappa shape index (κ2) is 50.1. The number of carbonyl (C=O) groups is 2. The van der Waals surface area contributed by atoms with E-state index < -0.39 is 57.6 Å². The van der Waals surface area contributed by atoms with Gasteiger partial charge in [0.2, 0.25) is 29.5 Å². The molecule has 0 aliphatic heterocycles. The first-order valence-electron chi connectivity index (χ1n) is 37.1. The Kier molecular flexibility index (Phi) is 41.8. The lowest BCUT2D eigenvalue weighted by atomic mass is 10.1. The molecule has 0 heterocycles. The van der Waals surface area contributed by atoms with Crippen LogP contribution in [0.5, 0.6) is 0 Å². The Hall–Kier alpha value is -7.35. The molecule has 1 N–H and O–H groups in total. The third-order valence-electron chi connectivity index (χ3n) is 17.3. The highest BCUT2D eigenvalue weighted by molar-refractivity contribution is 7.96. The van der Waals surface area contributed by atoms with Gasteiger partial charge < -0.3 is 34.0 Å². The van der Waals surface area contributed by atoms with Gasteiger partial charge in [-0.05, 0) is 148 Å². The fraction of sp³-hybridized carbons (Fsp3) is 0.470. The van der Waals surface area contributed by atoms with Crippen molar-refractivity contribution in [2.24, 2.45) is 0 Å². The number of rotatable bonds is 55. The molecule has 1 atom stereocenters. The molecule has 552 valence electrons. The third-order valence-corrected chi connectivity index (χ3v) is 22.7. The Morgan fingerprint density at radius 2 is 0.644 bits per heavy atom. The smallest absolute Gasteiger partial charge is 0.350 e. The molecule has 0 radical (unpaired) electrons. The van der Waals surface area contributed by atoms with Gasteiger partial charge in [-0.15, -0.1) is 0 Å². The number of aliphatic hydroxyl groups excluding tert-OH is 1. The Labute approximate surface area is 606 Å². The van der Waals surface area contributed by atoms with E-state index in [1.165, 1.54) is 54.6 Å². The van der Waals surface area contributed by atoms with Gasteiger partial charge in [0, 0.05) is 39.3 Å². The van der Waals surface area contributed by atoms with Crippen LogP contribution in [0.1, 0.15) is 199 Å². The molecule has 5 aromatic rings. The first-order valence-corrected chi connectivity index (χ1v) is 41.6. The van der Waals surface area contributed by atoms with E-state index in [9.17, 15) is 39.9 Å². The Morgan fingerprint density at radius 3 is 1.01 bits per heavy atom. The highest BCUT2D eigenvalue weighted by Crippen LogP contribution is 2.26. The van der Waals surface area contributed by atoms with Crippen LogP contribution in [0.3, 0.4) is 0 Å². The fourth-order valence-electron chi connectivity index (χ4n) is 11.5. The maximum Gasteiger partial charge on any atom is 0.350 e. The first-order chi connectivity index (χ1) is 49.1. The van der Waals surface area contributed by atoms with Gasteiger partial charge in [0.05, 0.1) is 34.5 Å². The fourth-order valence-corrected chi connectivity index (χ4v) is 15.5. The molecule has 0 fully saturated rings. The third kappa shape index (κ3) is 33.1. The number of carbonyl (C=O) groups excluding carboxylic acids is 2. The second-order valence-electron chi connectivity index (χ2n) is 25.7. The van der Waals surface area contributed by atoms with E-state index in [1.807, 2.05) is 79.3 Å². The normalized spacial score (nSPS) is 12.9. The van der Waals surface area contributed by atoms with Crippen molar-refractivity contribution in [3.8, 4) is 0 Å². The van der Waals surface area contributed by atoms with Crippen LogP contribution >= 0.6 is 0 Å². The molecule has 1 unspecified atom stereocenters. The molecule has 18 heteroatoms. The summed E-state index contributed by atoms with van der Waals surface area (Å²) in [4.78, 5) is 32.6. The van der Waals surface area contributed by atoms with E-state index >= 15 is 0 Å². The zero-order valence-corrected chi connectivity index (χ0v) is 62.9. The van der Waals surface area contributed by atoms with E-state index in [0.29, 0.717) is 58.5 Å². The van der Waals surface area contributed by atoms with E-state index in [-0.39, 0.29) is 39.4 Å². The molecule has 0 aliphatic carbocycles. The second-order valence-corrected chi connectivity index (χ2v) is 31.5. The zero-order valence-electron chi connectivity index (χ0n) is 60.5. The summed E-state index contributed by atoms with van der Waals surface area (Å²) < 4.78 is 101. The predicted octanol–water partition coefficient (Wildman–Crippen LogP) is 18.5. The average Bonchev–Trinajstić information content (AvgIpc) is 0.825. The van der Waals surface area contributed by atoms with Crippen molar-refractivity contribution in [3.05, 3.63) is 233 Å². The summed E-state index contributed by atoms with van der Waals surface area (Å²) in [6, 6.07) is 44.0. The highest BCUT2D eigenvalue weighted by Gasteiger charge is 2.30. The molecule has 0 bridgehead atoms. The topological polar surface area (TPSA) is 194 Å². The van der Waals surface area contributed by atoms with E-state index in [0.717, 1.165) is 159 Å². The predicted molar refractivity (Wildman–Crippen MR) is 409 cm³/mol. The Morgan fingerprint density at radius 1 is 0.356 bits per heavy atom. The van der Waals surface area contributed by atoms with Gasteiger partial charge >= 0.3 is 11.9 Å². The number of nitrogens with zero attached hydrogens (tertiary/aromatic N) is 3. The molecule has 0 aromatic heterocycles. The summed E-state index contributed by atoms with van der Waals surface area (Å²) in [5.41, 5.74) is 2.14. The van der Waals surface area contributed by atoms with Crippen molar-refractivity contribution in [2.75, 3.05) is 46.0 Å². The van der Waals surface area contributed by atoms with Crippen molar-refractivity contribution in [1.82, 2.24) is 14.7 Å². The largest absolute Gasteiger partial charge is 0.462 e. The molecule has 0 saturated carbocycles. The summed E-state index contributed by atoms with van der Waals surface area (Å²) in [6.45, 7) is 10.7. The quantitative estimate of drug-likeness (QED) is 0.0127. The standard InChI is InChI=1S/C83H115N3O12S3/c1-4-7-10-13-20-42-68-96-81(87)78(99(90,91)75-52-32-25-33-53-75)58-45-65-84(61-38-16-18-40-63-85(71-73-48-28-23-29-49-73)66-46-59-79(100(92,93)76-54-34-26-35-55-76)82(88)97-69-43-21-14-11-8-5-2)62-39-17-19-41-64-86(72-74-50-30-24-31-51-74)67-47-60-80(101(94,95)77-56-36-27-37-57-77)83(89)98-70-44-22-15-12-9-6-3/h23-37,45-60,65-67,81,87H,4-22,38-44,61-64,68-72H2,1-3H3.